The number of nitrogens with one attached hydrogen (secondary N) is 1. The van der Waals surface area contributed by atoms with E-state index in [4.69, 9.17) is 4.74 Å². The molecular weight excluding hydrogens is 510 g/mol. The predicted octanol–water partition coefficient (Wildman–Crippen LogP) is 2.75. The SMILES string of the molecule is CC(C)(C)OC(=O)N1CCC2(CC1)CC(N1CCN(c3ccc4c(c3)CN([C@H]3CCC(=O)NC3=O)C4=O)CC1)C2. The van der Waals surface area contributed by atoms with E-state index in [1.807, 2.05) is 37.8 Å². The van der Waals surface area contributed by atoms with Gasteiger partial charge in [-0.2, -0.15) is 0 Å². The number of likely N-dealkylation sites (tertiary alicyclic amines) is 1. The number of piperazine rings is 1. The molecule has 40 heavy (non-hydrogen) atoms. The van der Waals surface area contributed by atoms with Gasteiger partial charge >= 0.3 is 6.09 Å². The molecule has 216 valence electrons. The Morgan fingerprint density at radius 3 is 2.35 bits per heavy atom. The van der Waals surface area contributed by atoms with E-state index in [2.05, 4.69) is 21.2 Å². The Labute approximate surface area is 236 Å². The third kappa shape index (κ3) is 5.18. The molecule has 1 N–H and O–H groups in total. The minimum Gasteiger partial charge on any atom is -0.444 e. The molecule has 1 spiro atoms. The van der Waals surface area contributed by atoms with Crippen LogP contribution in [0.3, 0.4) is 0 Å². The molecule has 1 aliphatic carbocycles. The molecule has 10 nitrogen and oxygen atoms in total. The Balaban J connectivity index is 0.986. The summed E-state index contributed by atoms with van der Waals surface area (Å²) < 4.78 is 5.56. The van der Waals surface area contributed by atoms with Crippen LogP contribution < -0.4 is 10.2 Å². The summed E-state index contributed by atoms with van der Waals surface area (Å²) in [6.07, 6.45) is 5.01. The van der Waals surface area contributed by atoms with Crippen LogP contribution in [0.15, 0.2) is 18.2 Å². The maximum atomic E-state index is 13.0. The highest BCUT2D eigenvalue weighted by molar-refractivity contribution is 6.05. The number of ether oxygens (including phenoxy) is 1. The van der Waals surface area contributed by atoms with Gasteiger partial charge in [0.05, 0.1) is 0 Å². The Hall–Kier alpha value is -3.14. The zero-order chi connectivity index (χ0) is 28.2. The highest BCUT2D eigenvalue weighted by Crippen LogP contribution is 2.51. The van der Waals surface area contributed by atoms with Gasteiger partial charge in [0.2, 0.25) is 11.8 Å². The molecule has 10 heteroatoms. The minimum atomic E-state index is -0.583. The highest BCUT2D eigenvalue weighted by Gasteiger charge is 2.49. The van der Waals surface area contributed by atoms with Crippen LogP contribution in [0.5, 0.6) is 0 Å². The van der Waals surface area contributed by atoms with E-state index in [-0.39, 0.29) is 30.2 Å². The number of imide groups is 1. The van der Waals surface area contributed by atoms with Crippen molar-refractivity contribution in [3.63, 3.8) is 0 Å². The van der Waals surface area contributed by atoms with Gasteiger partial charge in [-0.3, -0.25) is 24.6 Å². The molecule has 0 bridgehead atoms. The van der Waals surface area contributed by atoms with Crippen molar-refractivity contribution in [2.75, 3.05) is 44.2 Å². The number of nitrogens with zero attached hydrogens (tertiary/aromatic N) is 4. The molecule has 0 aromatic heterocycles. The molecular formula is C30H41N5O5. The van der Waals surface area contributed by atoms with Crippen molar-refractivity contribution in [1.82, 2.24) is 20.0 Å². The summed E-state index contributed by atoms with van der Waals surface area (Å²) in [5.41, 5.74) is 2.65. The summed E-state index contributed by atoms with van der Waals surface area (Å²) >= 11 is 0. The largest absolute Gasteiger partial charge is 0.444 e. The minimum absolute atomic E-state index is 0.128. The van der Waals surface area contributed by atoms with Gasteiger partial charge in [0, 0.05) is 69.5 Å². The predicted molar refractivity (Wildman–Crippen MR) is 149 cm³/mol. The topological polar surface area (TPSA) is 102 Å². The van der Waals surface area contributed by atoms with Gasteiger partial charge in [0.15, 0.2) is 0 Å². The summed E-state index contributed by atoms with van der Waals surface area (Å²) in [5.74, 6) is -0.774. The van der Waals surface area contributed by atoms with Crippen molar-refractivity contribution in [2.45, 2.75) is 83.5 Å². The molecule has 4 heterocycles. The molecule has 4 fully saturated rings. The fraction of sp³-hybridized carbons (Fsp3) is 0.667. The van der Waals surface area contributed by atoms with Gasteiger partial charge in [-0.05, 0) is 82.1 Å². The fourth-order valence-corrected chi connectivity index (χ4v) is 7.20. The van der Waals surface area contributed by atoms with Crippen LogP contribution in [0.2, 0.25) is 0 Å². The number of fused-ring (bicyclic) bond motifs is 1. The van der Waals surface area contributed by atoms with E-state index in [1.54, 1.807) is 4.90 Å². The monoisotopic (exact) mass is 551 g/mol. The van der Waals surface area contributed by atoms with Crippen LogP contribution in [0.1, 0.15) is 75.2 Å². The lowest BCUT2D eigenvalue weighted by Crippen LogP contribution is -2.59. The summed E-state index contributed by atoms with van der Waals surface area (Å²) in [5, 5.41) is 2.37. The van der Waals surface area contributed by atoms with E-state index in [9.17, 15) is 19.2 Å². The molecule has 1 atom stereocenters. The van der Waals surface area contributed by atoms with Gasteiger partial charge in [0.1, 0.15) is 11.6 Å². The molecule has 6 rings (SSSR count). The number of benzene rings is 1. The lowest BCUT2D eigenvalue weighted by molar-refractivity contribution is -0.136. The first-order valence-corrected chi connectivity index (χ1v) is 14.7. The Morgan fingerprint density at radius 1 is 1.00 bits per heavy atom. The normalized spacial score (nSPS) is 25.6. The second kappa shape index (κ2) is 10.0. The molecule has 1 aromatic carbocycles. The average Bonchev–Trinajstić information content (AvgIpc) is 3.22. The maximum absolute atomic E-state index is 13.0. The molecule has 4 aliphatic heterocycles. The Morgan fingerprint density at radius 2 is 1.70 bits per heavy atom. The first-order chi connectivity index (χ1) is 19.0. The van der Waals surface area contributed by atoms with Crippen molar-refractivity contribution in [2.24, 2.45) is 5.41 Å². The van der Waals surface area contributed by atoms with Gasteiger partial charge in [-0.15, -0.1) is 0 Å². The standard InChI is InChI=1S/C30H41N5O5/c1-29(2,3)40-28(39)34-10-8-30(9-11-34)17-22(18-30)33-14-12-32(13-15-33)21-4-5-23-20(16-21)19-35(27(23)38)24-6-7-25(36)31-26(24)37/h4-5,16,22,24H,6-15,17-19H2,1-3H3,(H,31,36,37)/t24-/m0/s1. The molecule has 5 aliphatic rings. The van der Waals surface area contributed by atoms with Crippen molar-refractivity contribution in [1.29, 1.82) is 0 Å². The molecule has 4 amide bonds. The van der Waals surface area contributed by atoms with Crippen molar-refractivity contribution in [3.8, 4) is 0 Å². The van der Waals surface area contributed by atoms with Crippen molar-refractivity contribution < 1.29 is 23.9 Å². The molecule has 0 unspecified atom stereocenters. The van der Waals surface area contributed by atoms with Crippen LogP contribution in [0, 0.1) is 5.41 Å². The maximum Gasteiger partial charge on any atom is 0.410 e. The summed E-state index contributed by atoms with van der Waals surface area (Å²) in [6.45, 7) is 11.6. The number of rotatable bonds is 3. The van der Waals surface area contributed by atoms with E-state index in [0.29, 0.717) is 30.0 Å². The number of hydrogen-bond donors (Lipinski definition) is 1. The van der Waals surface area contributed by atoms with E-state index >= 15 is 0 Å². The molecule has 0 radical (unpaired) electrons. The first-order valence-electron chi connectivity index (χ1n) is 14.7. The highest BCUT2D eigenvalue weighted by atomic mass is 16.6. The quantitative estimate of drug-likeness (QED) is 0.577. The van der Waals surface area contributed by atoms with Crippen LogP contribution in [0.4, 0.5) is 10.5 Å². The number of carbonyl (C=O) groups is 4. The summed E-state index contributed by atoms with van der Waals surface area (Å²) in [6, 6.07) is 6.06. The molecule has 3 saturated heterocycles. The average molecular weight is 552 g/mol. The van der Waals surface area contributed by atoms with Crippen LogP contribution in [-0.2, 0) is 20.9 Å². The number of piperidine rings is 2. The van der Waals surface area contributed by atoms with E-state index in [0.717, 1.165) is 63.4 Å². The second-order valence-electron chi connectivity index (χ2n) is 13.3. The van der Waals surface area contributed by atoms with E-state index < -0.39 is 11.6 Å². The van der Waals surface area contributed by atoms with Crippen LogP contribution >= 0.6 is 0 Å². The van der Waals surface area contributed by atoms with Gasteiger partial charge in [0.25, 0.3) is 5.91 Å². The number of amides is 4. The number of carbonyl (C=O) groups excluding carboxylic acids is 4. The van der Waals surface area contributed by atoms with Gasteiger partial charge in [-0.1, -0.05) is 0 Å². The third-order valence-corrected chi connectivity index (χ3v) is 9.52. The van der Waals surface area contributed by atoms with E-state index in [1.165, 1.54) is 12.8 Å². The zero-order valence-corrected chi connectivity index (χ0v) is 23.9. The Bertz CT molecular complexity index is 1200. The summed E-state index contributed by atoms with van der Waals surface area (Å²) in [7, 11) is 0. The second-order valence-corrected chi connectivity index (χ2v) is 13.3. The van der Waals surface area contributed by atoms with Crippen LogP contribution in [0.25, 0.3) is 0 Å². The van der Waals surface area contributed by atoms with Crippen molar-refractivity contribution >= 4 is 29.5 Å². The smallest absolute Gasteiger partial charge is 0.410 e. The van der Waals surface area contributed by atoms with Crippen molar-refractivity contribution in [3.05, 3.63) is 29.3 Å². The number of anilines is 1. The third-order valence-electron chi connectivity index (χ3n) is 9.52. The summed E-state index contributed by atoms with van der Waals surface area (Å²) in [4.78, 5) is 57.8. The van der Waals surface area contributed by atoms with Gasteiger partial charge < -0.3 is 19.4 Å². The first kappa shape index (κ1) is 27.1. The molecule has 1 aromatic rings. The lowest BCUT2D eigenvalue weighted by atomic mass is 9.60. The fourth-order valence-electron chi connectivity index (χ4n) is 7.20. The lowest BCUT2D eigenvalue weighted by Gasteiger charge is -2.56. The zero-order valence-electron chi connectivity index (χ0n) is 23.9. The van der Waals surface area contributed by atoms with Crippen LogP contribution in [-0.4, -0.2) is 95.5 Å². The molecule has 1 saturated carbocycles. The Kier molecular flexibility index (Phi) is 6.79. The number of hydrogen-bond acceptors (Lipinski definition) is 7. The van der Waals surface area contributed by atoms with Gasteiger partial charge in [-0.25, -0.2) is 4.79 Å².